The highest BCUT2D eigenvalue weighted by atomic mass is 32.1. The second-order valence-corrected chi connectivity index (χ2v) is 9.61. The summed E-state index contributed by atoms with van der Waals surface area (Å²) in [4.78, 5) is 36.2. The van der Waals surface area contributed by atoms with E-state index in [-0.39, 0.29) is 24.3 Å². The average Bonchev–Trinajstić information content (AvgIpc) is 3.47. The van der Waals surface area contributed by atoms with E-state index in [1.165, 1.54) is 16.2 Å². The summed E-state index contributed by atoms with van der Waals surface area (Å²) < 4.78 is 6.77. The minimum Gasteiger partial charge on any atom is -0.466 e. The molecule has 0 aliphatic carbocycles. The van der Waals surface area contributed by atoms with E-state index in [4.69, 9.17) is 9.72 Å². The van der Waals surface area contributed by atoms with Crippen molar-refractivity contribution in [2.45, 2.75) is 40.2 Å². The number of anilines is 1. The number of rotatable bonds is 7. The minimum atomic E-state index is -0.344. The van der Waals surface area contributed by atoms with Crippen LogP contribution in [-0.2, 0) is 16.0 Å². The van der Waals surface area contributed by atoms with E-state index in [0.29, 0.717) is 34.0 Å². The molecule has 8 nitrogen and oxygen atoms in total. The number of esters is 1. The molecule has 1 N–H and O–H groups in total. The lowest BCUT2D eigenvalue weighted by molar-refractivity contribution is -0.142. The molecular formula is C22H23N5O3S2. The van der Waals surface area contributed by atoms with Crippen molar-refractivity contribution < 1.29 is 14.3 Å². The van der Waals surface area contributed by atoms with E-state index in [1.54, 1.807) is 35.9 Å². The minimum absolute atomic E-state index is 0.0722. The maximum absolute atomic E-state index is 13.2. The topological polar surface area (TPSA) is 99.0 Å². The van der Waals surface area contributed by atoms with Crippen molar-refractivity contribution in [2.75, 3.05) is 11.9 Å². The van der Waals surface area contributed by atoms with E-state index in [2.05, 4.69) is 15.4 Å². The van der Waals surface area contributed by atoms with Gasteiger partial charge in [0.2, 0.25) is 0 Å². The summed E-state index contributed by atoms with van der Waals surface area (Å²) in [5.74, 6) is -0.643. The van der Waals surface area contributed by atoms with E-state index >= 15 is 0 Å². The fourth-order valence-corrected chi connectivity index (χ4v) is 4.79. The molecule has 0 aliphatic rings. The Morgan fingerprint density at radius 3 is 2.75 bits per heavy atom. The first-order valence-corrected chi connectivity index (χ1v) is 11.9. The zero-order valence-corrected chi connectivity index (χ0v) is 19.8. The molecule has 0 radical (unpaired) electrons. The second-order valence-electron chi connectivity index (χ2n) is 7.47. The van der Waals surface area contributed by atoms with Gasteiger partial charge in [-0.25, -0.2) is 14.6 Å². The first kappa shape index (κ1) is 22.1. The molecule has 10 heteroatoms. The molecule has 4 heterocycles. The molecule has 0 unspecified atom stereocenters. The molecule has 0 atom stereocenters. The number of hydrogen-bond acceptors (Lipinski definition) is 8. The molecule has 32 heavy (non-hydrogen) atoms. The van der Waals surface area contributed by atoms with Crippen LogP contribution in [0.15, 0.2) is 29.8 Å². The lowest BCUT2D eigenvalue weighted by Gasteiger charge is -2.10. The summed E-state index contributed by atoms with van der Waals surface area (Å²) in [5, 5.41) is 10.1. The van der Waals surface area contributed by atoms with Gasteiger partial charge in [-0.2, -0.15) is 5.10 Å². The average molecular weight is 470 g/mol. The van der Waals surface area contributed by atoms with Crippen LogP contribution in [0.4, 0.5) is 5.13 Å². The molecule has 4 rings (SSSR count). The quantitative estimate of drug-likeness (QED) is 0.388. The number of aryl methyl sites for hydroxylation is 1. The fraction of sp³-hybridized carbons (Fsp3) is 0.318. The van der Waals surface area contributed by atoms with E-state index in [0.717, 1.165) is 10.6 Å². The summed E-state index contributed by atoms with van der Waals surface area (Å²) in [6.07, 6.45) is 1.75. The van der Waals surface area contributed by atoms with Crippen molar-refractivity contribution in [2.24, 2.45) is 0 Å². The van der Waals surface area contributed by atoms with Crippen molar-refractivity contribution in [1.82, 2.24) is 19.7 Å². The van der Waals surface area contributed by atoms with Gasteiger partial charge in [0.15, 0.2) is 10.8 Å². The lowest BCUT2D eigenvalue weighted by atomic mass is 10.1. The third kappa shape index (κ3) is 4.56. The molecule has 0 aromatic carbocycles. The Balaban J connectivity index is 1.68. The van der Waals surface area contributed by atoms with Crippen molar-refractivity contribution in [3.8, 4) is 10.6 Å². The third-order valence-electron chi connectivity index (χ3n) is 4.70. The van der Waals surface area contributed by atoms with Gasteiger partial charge in [0.1, 0.15) is 0 Å². The summed E-state index contributed by atoms with van der Waals surface area (Å²) in [5.41, 5.74) is 2.43. The van der Waals surface area contributed by atoms with E-state index in [9.17, 15) is 9.59 Å². The molecule has 4 aromatic heterocycles. The van der Waals surface area contributed by atoms with Crippen LogP contribution in [0.2, 0.25) is 0 Å². The monoisotopic (exact) mass is 469 g/mol. The number of nitrogens with zero attached hydrogens (tertiary/aromatic N) is 4. The Bertz CT molecular complexity index is 1290. The number of amides is 1. The number of fused-ring (bicyclic) bond motifs is 1. The molecule has 0 fully saturated rings. The number of nitrogens with one attached hydrogen (secondary N) is 1. The Kier molecular flexibility index (Phi) is 6.33. The second kappa shape index (κ2) is 9.17. The lowest BCUT2D eigenvalue weighted by Crippen LogP contribution is -2.13. The van der Waals surface area contributed by atoms with Crippen LogP contribution in [0, 0.1) is 6.92 Å². The molecule has 4 aromatic rings. The summed E-state index contributed by atoms with van der Waals surface area (Å²) >= 11 is 2.89. The summed E-state index contributed by atoms with van der Waals surface area (Å²) in [6.45, 7) is 8.16. The van der Waals surface area contributed by atoms with E-state index < -0.39 is 0 Å². The van der Waals surface area contributed by atoms with Crippen LogP contribution in [0.25, 0.3) is 21.6 Å². The van der Waals surface area contributed by atoms with Crippen LogP contribution in [-0.4, -0.2) is 38.2 Å². The largest absolute Gasteiger partial charge is 0.466 e. The van der Waals surface area contributed by atoms with Crippen molar-refractivity contribution >= 4 is 50.7 Å². The fourth-order valence-electron chi connectivity index (χ4n) is 3.25. The van der Waals surface area contributed by atoms with E-state index in [1.807, 2.05) is 37.6 Å². The molecule has 0 saturated heterocycles. The maximum atomic E-state index is 13.2. The van der Waals surface area contributed by atoms with Crippen LogP contribution in [0.5, 0.6) is 0 Å². The zero-order chi connectivity index (χ0) is 22.8. The first-order valence-electron chi connectivity index (χ1n) is 10.2. The molecule has 0 spiro atoms. The number of ether oxygens (including phenoxy) is 1. The molecule has 1 amide bonds. The van der Waals surface area contributed by atoms with Crippen LogP contribution in [0.1, 0.15) is 47.7 Å². The van der Waals surface area contributed by atoms with Gasteiger partial charge in [0, 0.05) is 16.3 Å². The number of thiophene rings is 1. The Labute approximate surface area is 193 Å². The van der Waals surface area contributed by atoms with Crippen molar-refractivity contribution in [1.29, 1.82) is 0 Å². The highest BCUT2D eigenvalue weighted by Crippen LogP contribution is 2.31. The van der Waals surface area contributed by atoms with Gasteiger partial charge >= 0.3 is 5.97 Å². The Hall–Kier alpha value is -3.11. The number of hydrogen-bond donors (Lipinski definition) is 1. The van der Waals surface area contributed by atoms with Gasteiger partial charge in [0.05, 0.1) is 46.4 Å². The van der Waals surface area contributed by atoms with Gasteiger partial charge in [-0.1, -0.05) is 0 Å². The molecular weight excluding hydrogens is 446 g/mol. The van der Waals surface area contributed by atoms with Crippen LogP contribution < -0.4 is 5.32 Å². The summed E-state index contributed by atoms with van der Waals surface area (Å²) in [6, 6.07) is 5.93. The number of carbonyl (C=O) groups is 2. The maximum Gasteiger partial charge on any atom is 0.311 e. The van der Waals surface area contributed by atoms with Gasteiger partial charge in [0.25, 0.3) is 5.91 Å². The predicted molar refractivity (Wildman–Crippen MR) is 126 cm³/mol. The van der Waals surface area contributed by atoms with Gasteiger partial charge < -0.3 is 4.74 Å². The van der Waals surface area contributed by atoms with Gasteiger partial charge in [-0.3, -0.25) is 14.9 Å². The number of thiazole rings is 1. The zero-order valence-electron chi connectivity index (χ0n) is 18.2. The van der Waals surface area contributed by atoms with Crippen molar-refractivity contribution in [3.63, 3.8) is 0 Å². The van der Waals surface area contributed by atoms with Crippen LogP contribution in [0.3, 0.4) is 0 Å². The first-order chi connectivity index (χ1) is 15.4. The molecule has 166 valence electrons. The highest BCUT2D eigenvalue weighted by Gasteiger charge is 2.20. The number of pyridine rings is 1. The van der Waals surface area contributed by atoms with Gasteiger partial charge in [-0.05, 0) is 45.9 Å². The number of carbonyl (C=O) groups excluding carboxylic acids is 2. The Morgan fingerprint density at radius 2 is 2.06 bits per heavy atom. The highest BCUT2D eigenvalue weighted by molar-refractivity contribution is 7.15. The normalized spacial score (nSPS) is 11.3. The van der Waals surface area contributed by atoms with Crippen LogP contribution >= 0.6 is 22.7 Å². The standard InChI is InChI=1S/C22H23N5O3S2/c1-5-30-19(28)8-14-11-31-22(24-14)26-21(29)15-9-17(18-7-6-13(4)32-18)25-20-16(15)10-23-27(20)12(2)3/h6-7,9-12H,5,8H2,1-4H3,(H,24,26,29). The third-order valence-corrected chi connectivity index (χ3v) is 6.53. The van der Waals surface area contributed by atoms with Crippen molar-refractivity contribution in [3.05, 3.63) is 45.9 Å². The van der Waals surface area contributed by atoms with Gasteiger partial charge in [-0.15, -0.1) is 22.7 Å². The predicted octanol–water partition coefficient (Wildman–Crippen LogP) is 4.86. The number of aromatic nitrogens is 4. The molecule has 0 bridgehead atoms. The molecule has 0 saturated carbocycles. The SMILES string of the molecule is CCOC(=O)Cc1csc(NC(=O)c2cc(-c3ccc(C)s3)nc3c2cnn3C(C)C)n1. The molecule has 0 aliphatic heterocycles. The smallest absolute Gasteiger partial charge is 0.311 e. The summed E-state index contributed by atoms with van der Waals surface area (Å²) in [7, 11) is 0. The Morgan fingerprint density at radius 1 is 1.25 bits per heavy atom.